The Bertz CT molecular complexity index is 972. The number of benzene rings is 1. The summed E-state index contributed by atoms with van der Waals surface area (Å²) in [6.45, 7) is 1.43. The largest absolute Gasteiger partial charge is 0.452 e. The van der Waals surface area contributed by atoms with Crippen LogP contribution >= 0.6 is 11.8 Å². The van der Waals surface area contributed by atoms with Crippen molar-refractivity contribution < 1.29 is 28.7 Å². The molecule has 2 fully saturated rings. The molecule has 11 heteroatoms. The Morgan fingerprint density at radius 3 is 2.74 bits per heavy atom. The second-order valence-corrected chi connectivity index (χ2v) is 9.01. The summed E-state index contributed by atoms with van der Waals surface area (Å²) < 4.78 is 5.00. The molecule has 1 saturated carbocycles. The first-order chi connectivity index (χ1) is 14.8. The summed E-state index contributed by atoms with van der Waals surface area (Å²) in [6.07, 6.45) is 2.66. The van der Waals surface area contributed by atoms with Gasteiger partial charge in [-0.05, 0) is 49.8 Å². The van der Waals surface area contributed by atoms with Crippen molar-refractivity contribution in [3.63, 3.8) is 0 Å². The number of imide groups is 1. The number of nitrogens with zero attached hydrogens (tertiary/aromatic N) is 1. The first-order valence-electron chi connectivity index (χ1n) is 9.97. The Labute approximate surface area is 182 Å². The van der Waals surface area contributed by atoms with E-state index in [1.165, 1.54) is 23.9 Å². The Hall–Kier alpha value is -3.08. The number of nitrogens with one attached hydrogen (secondary N) is 3. The van der Waals surface area contributed by atoms with Crippen molar-refractivity contribution in [2.24, 2.45) is 5.92 Å². The third-order valence-electron chi connectivity index (χ3n) is 5.71. The highest BCUT2D eigenvalue weighted by Crippen LogP contribution is 2.36. The van der Waals surface area contributed by atoms with Crippen LogP contribution in [0.2, 0.25) is 0 Å². The predicted molar refractivity (Wildman–Crippen MR) is 110 cm³/mol. The number of amides is 5. The monoisotopic (exact) mass is 446 g/mol. The second-order valence-electron chi connectivity index (χ2n) is 7.99. The maximum Gasteiger partial charge on any atom is 0.344 e. The molecule has 3 N–H and O–H groups in total. The summed E-state index contributed by atoms with van der Waals surface area (Å²) in [5.41, 5.74) is 1.92. The van der Waals surface area contributed by atoms with Crippen LogP contribution in [0, 0.1) is 5.92 Å². The van der Waals surface area contributed by atoms with Crippen LogP contribution in [0.3, 0.4) is 0 Å². The van der Waals surface area contributed by atoms with E-state index in [9.17, 15) is 24.0 Å². The number of anilines is 1. The minimum atomic E-state index is -0.973. The minimum Gasteiger partial charge on any atom is -0.452 e. The fourth-order valence-electron chi connectivity index (χ4n) is 3.90. The molecule has 1 spiro atoms. The average molecular weight is 446 g/mol. The molecule has 1 aliphatic carbocycles. The maximum absolute atomic E-state index is 12.7. The predicted octanol–water partition coefficient (Wildman–Crippen LogP) is 1.42. The molecule has 164 valence electrons. The van der Waals surface area contributed by atoms with E-state index in [-0.39, 0.29) is 11.5 Å². The van der Waals surface area contributed by atoms with Gasteiger partial charge in [-0.25, -0.2) is 9.59 Å². The number of esters is 1. The highest BCUT2D eigenvalue weighted by Gasteiger charge is 2.52. The Kier molecular flexibility index (Phi) is 5.61. The zero-order chi connectivity index (χ0) is 22.2. The highest BCUT2D eigenvalue weighted by molar-refractivity contribution is 8.00. The standard InChI is InChI=1S/C20H22N4O6S/c1-11-4-6-20(7-5-11)18(28)24(19(29)22-20)23-15(25)9-30-17(27)12-2-3-14-13(8-12)21-16(26)10-31-14/h2-3,8,11H,4-7,9-10H2,1H3,(H,21,26)(H,22,29)(H,23,25). The summed E-state index contributed by atoms with van der Waals surface area (Å²) in [5.74, 6) is -1.44. The molecular weight excluding hydrogens is 424 g/mol. The van der Waals surface area contributed by atoms with Gasteiger partial charge in [0.1, 0.15) is 5.54 Å². The lowest BCUT2D eigenvalue weighted by Crippen LogP contribution is -2.52. The number of carbonyl (C=O) groups excluding carboxylic acids is 5. The van der Waals surface area contributed by atoms with E-state index in [0.29, 0.717) is 35.2 Å². The lowest BCUT2D eigenvalue weighted by Gasteiger charge is -2.33. The maximum atomic E-state index is 12.7. The summed E-state index contributed by atoms with van der Waals surface area (Å²) in [7, 11) is 0. The van der Waals surface area contributed by atoms with Crippen LogP contribution in [0.15, 0.2) is 23.1 Å². The normalized spacial score (nSPS) is 25.0. The fourth-order valence-corrected chi connectivity index (χ4v) is 4.69. The third kappa shape index (κ3) is 4.22. The molecule has 0 aromatic heterocycles. The number of rotatable bonds is 4. The quantitative estimate of drug-likeness (QED) is 0.470. The first-order valence-corrected chi connectivity index (χ1v) is 11.0. The number of hydrogen-bond donors (Lipinski definition) is 3. The molecule has 1 saturated heterocycles. The lowest BCUT2D eigenvalue weighted by molar-refractivity contribution is -0.141. The number of hydrogen-bond acceptors (Lipinski definition) is 7. The molecule has 0 unspecified atom stereocenters. The van der Waals surface area contributed by atoms with Gasteiger partial charge in [0.05, 0.1) is 17.0 Å². The number of thioether (sulfide) groups is 1. The van der Waals surface area contributed by atoms with Gasteiger partial charge in [0.15, 0.2) is 6.61 Å². The fraction of sp³-hybridized carbons (Fsp3) is 0.450. The summed E-state index contributed by atoms with van der Waals surface area (Å²) >= 11 is 1.36. The molecule has 0 bridgehead atoms. The summed E-state index contributed by atoms with van der Waals surface area (Å²) in [5, 5.41) is 6.03. The molecule has 2 heterocycles. The number of urea groups is 1. The highest BCUT2D eigenvalue weighted by atomic mass is 32.2. The minimum absolute atomic E-state index is 0.166. The molecule has 31 heavy (non-hydrogen) atoms. The average Bonchev–Trinajstić information content (AvgIpc) is 2.97. The van der Waals surface area contributed by atoms with E-state index in [1.54, 1.807) is 6.07 Å². The molecular formula is C20H22N4O6S. The number of carbonyl (C=O) groups is 5. The van der Waals surface area contributed by atoms with E-state index in [1.807, 2.05) is 0 Å². The van der Waals surface area contributed by atoms with Crippen LogP contribution in [-0.4, -0.2) is 52.6 Å². The van der Waals surface area contributed by atoms with Gasteiger partial charge in [-0.2, -0.15) is 5.01 Å². The van der Waals surface area contributed by atoms with Gasteiger partial charge in [0.2, 0.25) is 5.91 Å². The molecule has 4 rings (SSSR count). The summed E-state index contributed by atoms with van der Waals surface area (Å²) in [6, 6.07) is 4.01. The molecule has 0 radical (unpaired) electrons. The zero-order valence-electron chi connectivity index (χ0n) is 16.9. The smallest absolute Gasteiger partial charge is 0.344 e. The molecule has 10 nitrogen and oxygen atoms in total. The van der Waals surface area contributed by atoms with E-state index in [4.69, 9.17) is 4.74 Å². The molecule has 2 aliphatic heterocycles. The van der Waals surface area contributed by atoms with E-state index < -0.39 is 36.0 Å². The van der Waals surface area contributed by atoms with Crippen LogP contribution in [-0.2, 0) is 19.1 Å². The van der Waals surface area contributed by atoms with Gasteiger partial charge >= 0.3 is 12.0 Å². The molecule has 1 aromatic carbocycles. The molecule has 3 aliphatic rings. The number of ether oxygens (including phenoxy) is 1. The van der Waals surface area contributed by atoms with Gasteiger partial charge in [-0.1, -0.05) is 6.92 Å². The van der Waals surface area contributed by atoms with Crippen LogP contribution < -0.4 is 16.1 Å². The van der Waals surface area contributed by atoms with E-state index in [0.717, 1.165) is 17.7 Å². The van der Waals surface area contributed by atoms with Gasteiger partial charge in [0, 0.05) is 4.90 Å². The van der Waals surface area contributed by atoms with Gasteiger partial charge in [-0.15, -0.1) is 11.8 Å². The Morgan fingerprint density at radius 1 is 1.26 bits per heavy atom. The Morgan fingerprint density at radius 2 is 2.00 bits per heavy atom. The first kappa shape index (κ1) is 21.2. The van der Waals surface area contributed by atoms with Crippen molar-refractivity contribution in [2.45, 2.75) is 43.0 Å². The van der Waals surface area contributed by atoms with Gasteiger partial charge in [0.25, 0.3) is 11.8 Å². The van der Waals surface area contributed by atoms with E-state index in [2.05, 4.69) is 23.0 Å². The number of fused-ring (bicyclic) bond motifs is 1. The van der Waals surface area contributed by atoms with E-state index >= 15 is 0 Å². The van der Waals surface area contributed by atoms with Crippen molar-refractivity contribution in [3.05, 3.63) is 23.8 Å². The second kappa shape index (κ2) is 8.22. The van der Waals surface area contributed by atoms with Gasteiger partial charge in [-0.3, -0.25) is 19.8 Å². The van der Waals surface area contributed by atoms with Gasteiger partial charge < -0.3 is 15.4 Å². The van der Waals surface area contributed by atoms with Crippen molar-refractivity contribution in [3.8, 4) is 0 Å². The lowest BCUT2D eigenvalue weighted by atomic mass is 9.77. The van der Waals surface area contributed by atoms with Crippen LogP contribution in [0.25, 0.3) is 0 Å². The molecule has 0 atom stereocenters. The number of hydrazine groups is 1. The summed E-state index contributed by atoms with van der Waals surface area (Å²) in [4.78, 5) is 61.8. The zero-order valence-corrected chi connectivity index (χ0v) is 17.7. The topological polar surface area (TPSA) is 134 Å². The van der Waals surface area contributed by atoms with Crippen molar-refractivity contribution in [1.82, 2.24) is 15.8 Å². The van der Waals surface area contributed by atoms with Crippen LogP contribution in [0.1, 0.15) is 43.0 Å². The SMILES string of the molecule is CC1CCC2(CC1)NC(=O)N(NC(=O)COC(=O)c1ccc3c(c1)NC(=O)CS3)C2=O. The van der Waals surface area contributed by atoms with Crippen molar-refractivity contribution >= 4 is 47.2 Å². The van der Waals surface area contributed by atoms with Crippen molar-refractivity contribution in [2.75, 3.05) is 17.7 Å². The van der Waals surface area contributed by atoms with Crippen molar-refractivity contribution in [1.29, 1.82) is 0 Å². The molecule has 1 aromatic rings. The Balaban J connectivity index is 1.33. The van der Waals surface area contributed by atoms with Crippen LogP contribution in [0.4, 0.5) is 10.5 Å². The third-order valence-corrected chi connectivity index (χ3v) is 6.78. The molecule has 5 amide bonds. The van der Waals surface area contributed by atoms with Crippen LogP contribution in [0.5, 0.6) is 0 Å².